The van der Waals surface area contributed by atoms with Crippen LogP contribution in [0.15, 0.2) is 54.9 Å². The molecule has 0 fully saturated rings. The van der Waals surface area contributed by atoms with E-state index in [4.69, 9.17) is 14.2 Å². The smallest absolute Gasteiger partial charge is 0.130 e. The first-order valence-electron chi connectivity index (χ1n) is 9.69. The first-order chi connectivity index (χ1) is 14.0. The lowest BCUT2D eigenvalue weighted by atomic mass is 10.0. The third-order valence-electron chi connectivity index (χ3n) is 4.60. The normalized spacial score (nSPS) is 12.1. The molecule has 6 heteroatoms. The van der Waals surface area contributed by atoms with E-state index in [1.165, 1.54) is 0 Å². The second-order valence-electron chi connectivity index (χ2n) is 7.17. The summed E-state index contributed by atoms with van der Waals surface area (Å²) in [4.78, 5) is 4.57. The molecule has 0 saturated carbocycles. The summed E-state index contributed by atoms with van der Waals surface area (Å²) in [5.74, 6) is 3.27. The van der Waals surface area contributed by atoms with Gasteiger partial charge in [-0.25, -0.2) is 4.98 Å². The standard InChI is InChI=1S/C23H29N3O3/c1-16(2)29-19-8-6-7-17(11-19)15-25-22(23-24-9-10-26(23)3)18-12-20(27-4)14-21(13-18)28-5/h6-14,16,22,25H,15H2,1-5H3. The van der Waals surface area contributed by atoms with Gasteiger partial charge < -0.3 is 18.8 Å². The summed E-state index contributed by atoms with van der Waals surface area (Å²) in [7, 11) is 5.30. The van der Waals surface area contributed by atoms with Crippen LogP contribution in [0.25, 0.3) is 0 Å². The van der Waals surface area contributed by atoms with Crippen LogP contribution in [0.5, 0.6) is 17.2 Å². The lowest BCUT2D eigenvalue weighted by Crippen LogP contribution is -2.25. The Bertz CT molecular complexity index is 914. The fourth-order valence-corrected chi connectivity index (χ4v) is 3.23. The van der Waals surface area contributed by atoms with Gasteiger partial charge in [0, 0.05) is 32.1 Å². The van der Waals surface area contributed by atoms with Gasteiger partial charge in [0.25, 0.3) is 0 Å². The second-order valence-corrected chi connectivity index (χ2v) is 7.17. The largest absolute Gasteiger partial charge is 0.497 e. The van der Waals surface area contributed by atoms with Gasteiger partial charge >= 0.3 is 0 Å². The Morgan fingerprint density at radius 2 is 1.72 bits per heavy atom. The Morgan fingerprint density at radius 1 is 1.00 bits per heavy atom. The lowest BCUT2D eigenvalue weighted by Gasteiger charge is -2.21. The molecule has 1 aromatic heterocycles. The molecule has 0 saturated heterocycles. The van der Waals surface area contributed by atoms with Crippen LogP contribution in [0.4, 0.5) is 0 Å². The number of hydrogen-bond acceptors (Lipinski definition) is 5. The van der Waals surface area contributed by atoms with Gasteiger partial charge in [-0.3, -0.25) is 5.32 Å². The van der Waals surface area contributed by atoms with E-state index in [-0.39, 0.29) is 12.1 Å². The van der Waals surface area contributed by atoms with Crippen molar-refractivity contribution in [1.29, 1.82) is 0 Å². The number of methoxy groups -OCH3 is 2. The molecule has 0 radical (unpaired) electrons. The molecular weight excluding hydrogens is 366 g/mol. The summed E-state index contributed by atoms with van der Waals surface area (Å²) >= 11 is 0. The van der Waals surface area contributed by atoms with Crippen molar-refractivity contribution in [3.63, 3.8) is 0 Å². The lowest BCUT2D eigenvalue weighted by molar-refractivity contribution is 0.242. The van der Waals surface area contributed by atoms with E-state index >= 15 is 0 Å². The minimum atomic E-state index is -0.131. The molecular formula is C23H29N3O3. The zero-order valence-electron chi connectivity index (χ0n) is 17.7. The molecule has 0 amide bonds. The molecule has 29 heavy (non-hydrogen) atoms. The maximum atomic E-state index is 5.82. The Balaban J connectivity index is 1.89. The van der Waals surface area contributed by atoms with Gasteiger partial charge in [-0.05, 0) is 49.2 Å². The number of aryl methyl sites for hydroxylation is 1. The Morgan fingerprint density at radius 3 is 2.31 bits per heavy atom. The summed E-state index contributed by atoms with van der Waals surface area (Å²) in [6.45, 7) is 4.71. The van der Waals surface area contributed by atoms with Crippen molar-refractivity contribution >= 4 is 0 Å². The maximum absolute atomic E-state index is 5.82. The average Bonchev–Trinajstić information content (AvgIpc) is 3.13. The van der Waals surface area contributed by atoms with E-state index in [9.17, 15) is 0 Å². The summed E-state index contributed by atoms with van der Waals surface area (Å²) in [6.07, 6.45) is 3.89. The second kappa shape index (κ2) is 9.47. The molecule has 1 N–H and O–H groups in total. The van der Waals surface area contributed by atoms with Crippen LogP contribution in [0.3, 0.4) is 0 Å². The van der Waals surface area contributed by atoms with Crippen LogP contribution < -0.4 is 19.5 Å². The van der Waals surface area contributed by atoms with Gasteiger partial charge in [0.15, 0.2) is 0 Å². The van der Waals surface area contributed by atoms with Gasteiger partial charge in [0.2, 0.25) is 0 Å². The van der Waals surface area contributed by atoms with Gasteiger partial charge in [0.1, 0.15) is 23.1 Å². The minimum absolute atomic E-state index is 0.131. The third kappa shape index (κ3) is 5.29. The monoisotopic (exact) mass is 395 g/mol. The minimum Gasteiger partial charge on any atom is -0.497 e. The molecule has 6 nitrogen and oxygen atoms in total. The van der Waals surface area contributed by atoms with Crippen LogP contribution >= 0.6 is 0 Å². The van der Waals surface area contributed by atoms with E-state index in [1.54, 1.807) is 20.4 Å². The molecule has 0 aliphatic heterocycles. The molecule has 2 aromatic carbocycles. The van der Waals surface area contributed by atoms with E-state index < -0.39 is 0 Å². The van der Waals surface area contributed by atoms with E-state index in [0.717, 1.165) is 34.2 Å². The number of benzene rings is 2. The van der Waals surface area contributed by atoms with Crippen LogP contribution in [0, 0.1) is 0 Å². The fraction of sp³-hybridized carbons (Fsp3) is 0.348. The molecule has 1 unspecified atom stereocenters. The number of ether oxygens (including phenoxy) is 3. The van der Waals surface area contributed by atoms with Crippen molar-refractivity contribution in [2.45, 2.75) is 32.5 Å². The Labute approximate surface area is 172 Å². The number of nitrogens with zero attached hydrogens (tertiary/aromatic N) is 2. The van der Waals surface area contributed by atoms with E-state index in [1.807, 2.05) is 62.0 Å². The molecule has 0 aliphatic carbocycles. The highest BCUT2D eigenvalue weighted by atomic mass is 16.5. The van der Waals surface area contributed by atoms with Crippen LogP contribution in [-0.2, 0) is 13.6 Å². The molecule has 0 bridgehead atoms. The SMILES string of the molecule is COc1cc(OC)cc(C(NCc2cccc(OC(C)C)c2)c2nccn2C)c1. The predicted octanol–water partition coefficient (Wildman–Crippen LogP) is 4.10. The predicted molar refractivity (Wildman–Crippen MR) is 114 cm³/mol. The average molecular weight is 396 g/mol. The Hall–Kier alpha value is -2.99. The molecule has 0 spiro atoms. The number of hydrogen-bond donors (Lipinski definition) is 1. The van der Waals surface area contributed by atoms with Crippen LogP contribution in [0.1, 0.15) is 36.8 Å². The Kier molecular flexibility index (Phi) is 6.77. The fourth-order valence-electron chi connectivity index (χ4n) is 3.23. The van der Waals surface area contributed by atoms with Crippen LogP contribution in [-0.4, -0.2) is 29.9 Å². The highest BCUT2D eigenvalue weighted by Gasteiger charge is 2.20. The topological polar surface area (TPSA) is 57.5 Å². The maximum Gasteiger partial charge on any atom is 0.130 e. The molecule has 3 aromatic rings. The number of aromatic nitrogens is 2. The van der Waals surface area contributed by atoms with Gasteiger partial charge in [-0.1, -0.05) is 12.1 Å². The van der Waals surface area contributed by atoms with Gasteiger partial charge in [-0.15, -0.1) is 0 Å². The summed E-state index contributed by atoms with van der Waals surface area (Å²) in [6, 6.07) is 13.9. The third-order valence-corrected chi connectivity index (χ3v) is 4.60. The zero-order valence-corrected chi connectivity index (χ0v) is 17.7. The molecule has 1 atom stereocenters. The van der Waals surface area contributed by atoms with Crippen molar-refractivity contribution in [3.8, 4) is 17.2 Å². The quantitative estimate of drug-likeness (QED) is 0.591. The number of imidazole rings is 1. The van der Waals surface area contributed by atoms with E-state index in [2.05, 4.69) is 22.4 Å². The van der Waals surface area contributed by atoms with Crippen molar-refractivity contribution in [2.24, 2.45) is 7.05 Å². The molecule has 0 aliphatic rings. The summed E-state index contributed by atoms with van der Waals surface area (Å²) in [5, 5.41) is 3.63. The van der Waals surface area contributed by atoms with Gasteiger partial charge in [-0.2, -0.15) is 0 Å². The first-order valence-corrected chi connectivity index (χ1v) is 9.69. The van der Waals surface area contributed by atoms with E-state index in [0.29, 0.717) is 6.54 Å². The van der Waals surface area contributed by atoms with Crippen molar-refractivity contribution < 1.29 is 14.2 Å². The first kappa shape index (κ1) is 20.7. The molecule has 1 heterocycles. The van der Waals surface area contributed by atoms with Crippen molar-refractivity contribution in [1.82, 2.24) is 14.9 Å². The summed E-state index contributed by atoms with van der Waals surface area (Å²) < 4.78 is 18.8. The molecule has 154 valence electrons. The van der Waals surface area contributed by atoms with Crippen LogP contribution in [0.2, 0.25) is 0 Å². The number of nitrogens with one attached hydrogen (secondary N) is 1. The highest BCUT2D eigenvalue weighted by Crippen LogP contribution is 2.30. The number of rotatable bonds is 9. The van der Waals surface area contributed by atoms with Crippen molar-refractivity contribution in [3.05, 3.63) is 71.8 Å². The summed E-state index contributed by atoms with van der Waals surface area (Å²) in [5.41, 5.74) is 2.15. The molecule has 3 rings (SSSR count). The van der Waals surface area contributed by atoms with Crippen molar-refractivity contribution in [2.75, 3.05) is 14.2 Å². The van der Waals surface area contributed by atoms with Gasteiger partial charge in [0.05, 0.1) is 26.4 Å². The zero-order chi connectivity index (χ0) is 20.8. The highest BCUT2D eigenvalue weighted by molar-refractivity contribution is 5.41.